The van der Waals surface area contributed by atoms with Gasteiger partial charge in [0.15, 0.2) is 0 Å². The zero-order chi connectivity index (χ0) is 21.7. The number of thiophene rings is 1. The van der Waals surface area contributed by atoms with Crippen molar-refractivity contribution < 1.29 is 24.2 Å². The van der Waals surface area contributed by atoms with E-state index in [0.717, 1.165) is 4.88 Å². The van der Waals surface area contributed by atoms with Crippen LogP contribution in [-0.2, 0) is 14.3 Å². The summed E-state index contributed by atoms with van der Waals surface area (Å²) >= 11 is 1.45. The van der Waals surface area contributed by atoms with E-state index in [4.69, 9.17) is 9.47 Å². The van der Waals surface area contributed by atoms with Crippen LogP contribution in [0.15, 0.2) is 47.4 Å². The van der Waals surface area contributed by atoms with Gasteiger partial charge in [-0.15, -0.1) is 11.3 Å². The summed E-state index contributed by atoms with van der Waals surface area (Å²) in [6, 6.07) is 10.1. The molecule has 1 fully saturated rings. The minimum atomic E-state index is -0.670. The van der Waals surface area contributed by atoms with E-state index in [1.165, 1.54) is 16.2 Å². The van der Waals surface area contributed by atoms with E-state index in [2.05, 4.69) is 13.8 Å². The highest BCUT2D eigenvalue weighted by Gasteiger charge is 2.46. The quantitative estimate of drug-likeness (QED) is 0.279. The number of methoxy groups -OCH3 is 1. The maximum Gasteiger partial charge on any atom is 0.295 e. The van der Waals surface area contributed by atoms with Gasteiger partial charge in [0.25, 0.3) is 11.7 Å². The van der Waals surface area contributed by atoms with Gasteiger partial charge < -0.3 is 19.5 Å². The fourth-order valence-electron chi connectivity index (χ4n) is 3.38. The van der Waals surface area contributed by atoms with Gasteiger partial charge in [-0.2, -0.15) is 0 Å². The highest BCUT2D eigenvalue weighted by molar-refractivity contribution is 7.10. The third-order valence-corrected chi connectivity index (χ3v) is 5.72. The number of Topliss-reactive ketones (excluding diaryl/α,β-unsaturated/α-hetero) is 1. The maximum absolute atomic E-state index is 12.9. The number of ether oxygens (including phenoxy) is 2. The lowest BCUT2D eigenvalue weighted by atomic mass is 9.99. The molecule has 1 aromatic carbocycles. The number of ketones is 1. The number of likely N-dealkylation sites (tertiary alicyclic amines) is 1. The van der Waals surface area contributed by atoms with Gasteiger partial charge in [-0.05, 0) is 35.9 Å². The SMILES string of the molecule is COCCCN1C(=O)C(=O)/C(=C(\O)c2cccc(OCC(C)C)c2)C1c1cccs1. The lowest BCUT2D eigenvalue weighted by molar-refractivity contribution is -0.140. The Morgan fingerprint density at radius 3 is 2.70 bits per heavy atom. The van der Waals surface area contributed by atoms with Gasteiger partial charge in [-0.3, -0.25) is 9.59 Å². The second kappa shape index (κ2) is 9.91. The van der Waals surface area contributed by atoms with Crippen molar-refractivity contribution in [2.24, 2.45) is 5.92 Å². The van der Waals surface area contributed by atoms with E-state index in [1.807, 2.05) is 17.5 Å². The molecule has 1 N–H and O–H groups in total. The molecule has 6 nitrogen and oxygen atoms in total. The highest BCUT2D eigenvalue weighted by atomic mass is 32.1. The molecule has 1 aromatic heterocycles. The standard InChI is InChI=1S/C23H27NO5S/c1-15(2)14-29-17-8-4-7-16(13-17)21(25)19-20(18-9-5-12-30-18)24(10-6-11-28-3)23(27)22(19)26/h4-5,7-9,12-13,15,20,25H,6,10-11,14H2,1-3H3/b21-19-. The van der Waals surface area contributed by atoms with Crippen LogP contribution < -0.4 is 4.74 Å². The average molecular weight is 430 g/mol. The fourth-order valence-corrected chi connectivity index (χ4v) is 4.23. The Kier molecular flexibility index (Phi) is 7.29. The van der Waals surface area contributed by atoms with Crippen LogP contribution in [-0.4, -0.2) is 48.6 Å². The van der Waals surface area contributed by atoms with Crippen molar-refractivity contribution in [3.8, 4) is 5.75 Å². The molecular formula is C23H27NO5S. The van der Waals surface area contributed by atoms with Crippen LogP contribution in [0.25, 0.3) is 5.76 Å². The van der Waals surface area contributed by atoms with Crippen molar-refractivity contribution in [3.05, 3.63) is 57.8 Å². The largest absolute Gasteiger partial charge is 0.507 e. The molecule has 1 saturated heterocycles. The number of hydrogen-bond donors (Lipinski definition) is 1. The molecule has 1 amide bonds. The first-order valence-electron chi connectivity index (χ1n) is 9.98. The van der Waals surface area contributed by atoms with Crippen molar-refractivity contribution >= 4 is 28.8 Å². The normalized spacial score (nSPS) is 18.4. The number of rotatable bonds is 9. The first-order valence-corrected chi connectivity index (χ1v) is 10.9. The molecule has 0 saturated carbocycles. The highest BCUT2D eigenvalue weighted by Crippen LogP contribution is 2.41. The minimum absolute atomic E-state index is 0.112. The van der Waals surface area contributed by atoms with Crippen LogP contribution >= 0.6 is 11.3 Å². The van der Waals surface area contributed by atoms with Crippen molar-refractivity contribution in [1.29, 1.82) is 0 Å². The molecule has 160 valence electrons. The van der Waals surface area contributed by atoms with E-state index < -0.39 is 17.7 Å². The van der Waals surface area contributed by atoms with Crippen LogP contribution in [0, 0.1) is 5.92 Å². The Labute approximate surface area is 180 Å². The molecular weight excluding hydrogens is 402 g/mol. The first kappa shape index (κ1) is 22.1. The number of hydrogen-bond acceptors (Lipinski definition) is 6. The Balaban J connectivity index is 2.00. The Hall–Kier alpha value is -2.64. The number of carbonyl (C=O) groups excluding carboxylic acids is 2. The van der Waals surface area contributed by atoms with Crippen LogP contribution in [0.5, 0.6) is 5.75 Å². The third-order valence-electron chi connectivity index (χ3n) is 4.79. The van der Waals surface area contributed by atoms with Crippen molar-refractivity contribution in [3.63, 3.8) is 0 Å². The van der Waals surface area contributed by atoms with Gasteiger partial charge >= 0.3 is 0 Å². The monoisotopic (exact) mass is 429 g/mol. The second-order valence-electron chi connectivity index (χ2n) is 7.59. The van der Waals surface area contributed by atoms with Crippen LogP contribution in [0.3, 0.4) is 0 Å². The molecule has 7 heteroatoms. The van der Waals surface area contributed by atoms with E-state index in [-0.39, 0.29) is 11.3 Å². The predicted octanol–water partition coefficient (Wildman–Crippen LogP) is 4.24. The van der Waals surface area contributed by atoms with Gasteiger partial charge in [0.05, 0.1) is 18.2 Å². The molecule has 0 radical (unpaired) electrons. The number of nitrogens with zero attached hydrogens (tertiary/aromatic N) is 1. The summed E-state index contributed by atoms with van der Waals surface area (Å²) < 4.78 is 10.8. The lowest BCUT2D eigenvalue weighted by Crippen LogP contribution is -2.31. The molecule has 1 atom stereocenters. The van der Waals surface area contributed by atoms with Gasteiger partial charge in [0.1, 0.15) is 11.5 Å². The van der Waals surface area contributed by atoms with Gasteiger partial charge in [0.2, 0.25) is 0 Å². The van der Waals surface area contributed by atoms with Crippen molar-refractivity contribution in [2.75, 3.05) is 26.9 Å². The summed E-state index contributed by atoms with van der Waals surface area (Å²) in [6.45, 7) is 5.50. The van der Waals surface area contributed by atoms with Gasteiger partial charge in [-0.1, -0.05) is 32.0 Å². The Bertz CT molecular complexity index is 919. The maximum atomic E-state index is 12.9. The summed E-state index contributed by atoms with van der Waals surface area (Å²) in [5.74, 6) is -0.487. The zero-order valence-electron chi connectivity index (χ0n) is 17.5. The average Bonchev–Trinajstić information content (AvgIpc) is 3.34. The summed E-state index contributed by atoms with van der Waals surface area (Å²) in [4.78, 5) is 28.0. The number of benzene rings is 1. The van der Waals surface area contributed by atoms with Gasteiger partial charge in [0, 0.05) is 30.7 Å². The van der Waals surface area contributed by atoms with E-state index in [1.54, 1.807) is 31.4 Å². The topological polar surface area (TPSA) is 76.1 Å². The molecule has 30 heavy (non-hydrogen) atoms. The number of aliphatic hydroxyl groups is 1. The molecule has 3 rings (SSSR count). The van der Waals surface area contributed by atoms with E-state index >= 15 is 0 Å². The summed E-state index contributed by atoms with van der Waals surface area (Å²) in [6.07, 6.45) is 0.601. The molecule has 0 spiro atoms. The van der Waals surface area contributed by atoms with Crippen LogP contribution in [0.1, 0.15) is 36.8 Å². The summed E-state index contributed by atoms with van der Waals surface area (Å²) in [7, 11) is 1.60. The fraction of sp³-hybridized carbons (Fsp3) is 0.391. The molecule has 0 aliphatic carbocycles. The van der Waals surface area contributed by atoms with Crippen molar-refractivity contribution in [1.82, 2.24) is 4.90 Å². The smallest absolute Gasteiger partial charge is 0.295 e. The number of amides is 1. The molecule has 1 aliphatic heterocycles. The zero-order valence-corrected chi connectivity index (χ0v) is 18.3. The third kappa shape index (κ3) is 4.74. The Morgan fingerprint density at radius 2 is 2.03 bits per heavy atom. The molecule has 1 unspecified atom stereocenters. The molecule has 2 aromatic rings. The summed E-state index contributed by atoms with van der Waals surface area (Å²) in [5.41, 5.74) is 0.564. The van der Waals surface area contributed by atoms with Crippen LogP contribution in [0.4, 0.5) is 0 Å². The predicted molar refractivity (Wildman–Crippen MR) is 117 cm³/mol. The second-order valence-corrected chi connectivity index (χ2v) is 8.57. The number of carbonyl (C=O) groups is 2. The van der Waals surface area contributed by atoms with Crippen LogP contribution in [0.2, 0.25) is 0 Å². The molecule has 0 bridgehead atoms. The molecule has 1 aliphatic rings. The van der Waals surface area contributed by atoms with E-state index in [0.29, 0.717) is 43.4 Å². The van der Waals surface area contributed by atoms with Gasteiger partial charge in [-0.25, -0.2) is 0 Å². The van der Waals surface area contributed by atoms with Crippen molar-refractivity contribution in [2.45, 2.75) is 26.3 Å². The summed E-state index contributed by atoms with van der Waals surface area (Å²) in [5, 5.41) is 13.0. The Morgan fingerprint density at radius 1 is 1.23 bits per heavy atom. The minimum Gasteiger partial charge on any atom is -0.507 e. The number of aliphatic hydroxyl groups excluding tert-OH is 1. The first-order chi connectivity index (χ1) is 14.4. The molecule has 2 heterocycles. The van der Waals surface area contributed by atoms with E-state index in [9.17, 15) is 14.7 Å². The lowest BCUT2D eigenvalue weighted by Gasteiger charge is -2.24.